The maximum Gasteiger partial charge on any atom is 0.408 e. The Balaban J connectivity index is 2.51. The van der Waals surface area contributed by atoms with Crippen LogP contribution in [0.15, 0.2) is 0 Å². The number of hydrogen-bond acceptors (Lipinski definition) is 2. The minimum absolute atomic E-state index is 0.0902. The summed E-state index contributed by atoms with van der Waals surface area (Å²) in [4.78, 5) is 11.8. The Morgan fingerprint density at radius 2 is 1.94 bits per heavy atom. The van der Waals surface area contributed by atoms with Crippen molar-refractivity contribution in [2.75, 3.05) is 0 Å². The first-order valence-corrected chi connectivity index (χ1v) is 6.71. The van der Waals surface area contributed by atoms with E-state index < -0.39 is 5.60 Å². The summed E-state index contributed by atoms with van der Waals surface area (Å²) in [7, 11) is 0. The van der Waals surface area contributed by atoms with Crippen LogP contribution in [0.25, 0.3) is 0 Å². The molecule has 1 N–H and O–H groups in total. The lowest BCUT2D eigenvalue weighted by molar-refractivity contribution is 0.0453. The molecule has 0 unspecified atom stereocenters. The van der Waals surface area contributed by atoms with Gasteiger partial charge in [0.1, 0.15) is 5.60 Å². The summed E-state index contributed by atoms with van der Waals surface area (Å²) in [5.41, 5.74) is -0.508. The van der Waals surface area contributed by atoms with Gasteiger partial charge in [-0.1, -0.05) is 19.8 Å². The predicted molar refractivity (Wildman–Crippen MR) is 70.0 cm³/mol. The summed E-state index contributed by atoms with van der Waals surface area (Å²) in [6.45, 7) is 10.1. The van der Waals surface area contributed by atoms with Gasteiger partial charge in [0.15, 0.2) is 0 Å². The zero-order chi connectivity index (χ0) is 13.1. The number of carbonyl (C=O) groups excluding carboxylic acids is 1. The van der Waals surface area contributed by atoms with E-state index in [9.17, 15) is 4.79 Å². The van der Waals surface area contributed by atoms with E-state index >= 15 is 0 Å². The van der Waals surface area contributed by atoms with Crippen LogP contribution in [0.1, 0.15) is 66.7 Å². The smallest absolute Gasteiger partial charge is 0.408 e. The summed E-state index contributed by atoms with van der Waals surface area (Å²) in [5.74, 6) is 0.775. The van der Waals surface area contributed by atoms with Gasteiger partial charge < -0.3 is 10.1 Å². The number of hydrogen-bond donors (Lipinski definition) is 1. The topological polar surface area (TPSA) is 38.3 Å². The third-order valence-electron chi connectivity index (χ3n) is 3.42. The van der Waals surface area contributed by atoms with Gasteiger partial charge in [0.25, 0.3) is 0 Å². The molecule has 0 aromatic heterocycles. The van der Waals surface area contributed by atoms with Crippen LogP contribution in [0.3, 0.4) is 0 Å². The van der Waals surface area contributed by atoms with Crippen LogP contribution in [0, 0.1) is 5.92 Å². The van der Waals surface area contributed by atoms with Crippen LogP contribution in [0.5, 0.6) is 0 Å². The fourth-order valence-electron chi connectivity index (χ4n) is 2.35. The highest BCUT2D eigenvalue weighted by molar-refractivity contribution is 5.68. The average molecular weight is 241 g/mol. The highest BCUT2D eigenvalue weighted by Crippen LogP contribution is 2.30. The van der Waals surface area contributed by atoms with Crippen LogP contribution in [0.4, 0.5) is 4.79 Å². The van der Waals surface area contributed by atoms with Gasteiger partial charge in [-0.25, -0.2) is 4.79 Å². The van der Waals surface area contributed by atoms with Crippen LogP contribution < -0.4 is 5.32 Å². The number of carbonyl (C=O) groups is 1. The van der Waals surface area contributed by atoms with Crippen molar-refractivity contribution in [3.8, 4) is 0 Å². The second-order valence-electron chi connectivity index (χ2n) is 6.72. The molecule has 0 bridgehead atoms. The van der Waals surface area contributed by atoms with E-state index in [1.165, 1.54) is 19.3 Å². The van der Waals surface area contributed by atoms with E-state index in [1.807, 2.05) is 20.8 Å². The molecule has 17 heavy (non-hydrogen) atoms. The Morgan fingerprint density at radius 3 is 2.53 bits per heavy atom. The summed E-state index contributed by atoms with van der Waals surface area (Å²) in [5, 5.41) is 3.05. The third-order valence-corrected chi connectivity index (χ3v) is 3.42. The lowest BCUT2D eigenvalue weighted by Gasteiger charge is -2.31. The van der Waals surface area contributed by atoms with Crippen molar-refractivity contribution in [3.63, 3.8) is 0 Å². The van der Waals surface area contributed by atoms with Crippen LogP contribution in [-0.2, 0) is 4.74 Å². The molecule has 0 radical (unpaired) electrons. The molecule has 1 aliphatic carbocycles. The Kier molecular flexibility index (Phi) is 4.45. The van der Waals surface area contributed by atoms with Gasteiger partial charge in [-0.15, -0.1) is 0 Å². The van der Waals surface area contributed by atoms with Gasteiger partial charge in [-0.05, 0) is 52.9 Å². The van der Waals surface area contributed by atoms with Gasteiger partial charge >= 0.3 is 6.09 Å². The fourth-order valence-corrected chi connectivity index (χ4v) is 2.35. The van der Waals surface area contributed by atoms with Gasteiger partial charge in [0.2, 0.25) is 0 Å². The summed E-state index contributed by atoms with van der Waals surface area (Å²) in [6.07, 6.45) is 5.46. The lowest BCUT2D eigenvalue weighted by Crippen LogP contribution is -2.47. The average Bonchev–Trinajstić information content (AvgIpc) is 2.25. The van der Waals surface area contributed by atoms with Crippen molar-refractivity contribution >= 4 is 6.09 Å². The maximum absolute atomic E-state index is 11.8. The highest BCUT2D eigenvalue weighted by atomic mass is 16.6. The third kappa shape index (κ3) is 5.42. The van der Waals surface area contributed by atoms with E-state index in [0.717, 1.165) is 18.8 Å². The fraction of sp³-hybridized carbons (Fsp3) is 0.929. The molecule has 0 aromatic rings. The van der Waals surface area contributed by atoms with E-state index in [4.69, 9.17) is 4.74 Å². The van der Waals surface area contributed by atoms with Gasteiger partial charge in [-0.3, -0.25) is 0 Å². The largest absolute Gasteiger partial charge is 0.444 e. The second kappa shape index (κ2) is 5.28. The molecule has 100 valence electrons. The monoisotopic (exact) mass is 241 g/mol. The molecular weight excluding hydrogens is 214 g/mol. The molecule has 1 fully saturated rings. The van der Waals surface area contributed by atoms with Crippen molar-refractivity contribution in [1.82, 2.24) is 5.32 Å². The Hall–Kier alpha value is -0.730. The van der Waals surface area contributed by atoms with Crippen molar-refractivity contribution in [2.24, 2.45) is 5.92 Å². The van der Waals surface area contributed by atoms with E-state index in [-0.39, 0.29) is 11.6 Å². The molecule has 1 aliphatic rings. The molecule has 0 saturated heterocycles. The summed E-state index contributed by atoms with van der Waals surface area (Å²) in [6, 6.07) is 0. The molecule has 0 heterocycles. The summed E-state index contributed by atoms with van der Waals surface area (Å²) >= 11 is 0. The van der Waals surface area contributed by atoms with Crippen LogP contribution >= 0.6 is 0 Å². The SMILES string of the molecule is C[C@@H]1CCC[C@@](C)(NC(=O)OC(C)(C)C)CC1. The molecule has 3 heteroatoms. The molecule has 1 saturated carbocycles. The zero-order valence-corrected chi connectivity index (χ0v) is 11.9. The number of amides is 1. The van der Waals surface area contributed by atoms with Crippen molar-refractivity contribution < 1.29 is 9.53 Å². The van der Waals surface area contributed by atoms with E-state index in [2.05, 4.69) is 19.2 Å². The van der Waals surface area contributed by atoms with Crippen LogP contribution in [-0.4, -0.2) is 17.2 Å². The quantitative estimate of drug-likeness (QED) is 0.708. The second-order valence-corrected chi connectivity index (χ2v) is 6.72. The molecule has 0 aromatic carbocycles. The minimum Gasteiger partial charge on any atom is -0.444 e. The van der Waals surface area contributed by atoms with Gasteiger partial charge in [0, 0.05) is 5.54 Å². The number of nitrogens with one attached hydrogen (secondary N) is 1. The molecule has 0 spiro atoms. The Labute approximate surface area is 105 Å². The van der Waals surface area contributed by atoms with Gasteiger partial charge in [-0.2, -0.15) is 0 Å². The number of rotatable bonds is 1. The van der Waals surface area contributed by atoms with Crippen molar-refractivity contribution in [1.29, 1.82) is 0 Å². The molecule has 1 amide bonds. The molecular formula is C14H27NO2. The van der Waals surface area contributed by atoms with Crippen LogP contribution in [0.2, 0.25) is 0 Å². The first-order valence-electron chi connectivity index (χ1n) is 6.71. The Morgan fingerprint density at radius 1 is 1.29 bits per heavy atom. The first-order chi connectivity index (χ1) is 7.70. The number of ether oxygens (including phenoxy) is 1. The van der Waals surface area contributed by atoms with Crippen molar-refractivity contribution in [2.45, 2.75) is 77.9 Å². The molecule has 1 rings (SSSR count). The molecule has 0 aliphatic heterocycles. The first kappa shape index (κ1) is 14.3. The number of alkyl carbamates (subject to hydrolysis) is 1. The van der Waals surface area contributed by atoms with Gasteiger partial charge in [0.05, 0.1) is 0 Å². The maximum atomic E-state index is 11.8. The normalized spacial score (nSPS) is 30.5. The Bertz CT molecular complexity index is 270. The van der Waals surface area contributed by atoms with Crippen molar-refractivity contribution in [3.05, 3.63) is 0 Å². The highest BCUT2D eigenvalue weighted by Gasteiger charge is 2.30. The van der Waals surface area contributed by atoms with E-state index in [0.29, 0.717) is 0 Å². The summed E-state index contributed by atoms with van der Waals surface area (Å²) < 4.78 is 5.32. The predicted octanol–water partition coefficient (Wildman–Crippen LogP) is 3.87. The minimum atomic E-state index is -0.418. The molecule has 3 nitrogen and oxygen atoms in total. The zero-order valence-electron chi connectivity index (χ0n) is 11.9. The standard InChI is InChI=1S/C14H27NO2/c1-11-7-6-9-14(5,10-8-11)15-12(16)17-13(2,3)4/h11H,6-10H2,1-5H3,(H,15,16)/t11-,14-/m1/s1. The lowest BCUT2D eigenvalue weighted by atomic mass is 9.92. The molecule has 2 atom stereocenters. The van der Waals surface area contributed by atoms with E-state index in [1.54, 1.807) is 0 Å².